The lowest BCUT2D eigenvalue weighted by Gasteiger charge is -2.20. The van der Waals surface area contributed by atoms with Gasteiger partial charge in [-0.15, -0.1) is 0 Å². The average molecular weight is 810 g/mol. The summed E-state index contributed by atoms with van der Waals surface area (Å²) in [6.07, 6.45) is 69.3. The molecule has 0 aromatic carbocycles. The van der Waals surface area contributed by atoms with E-state index >= 15 is 0 Å². The van der Waals surface area contributed by atoms with Gasteiger partial charge in [0.2, 0.25) is 5.91 Å². The zero-order valence-corrected chi connectivity index (χ0v) is 38.8. The van der Waals surface area contributed by atoms with E-state index in [1.807, 2.05) is 6.08 Å². The predicted octanol–water partition coefficient (Wildman–Crippen LogP) is 16.5. The van der Waals surface area contributed by atoms with Gasteiger partial charge in [0.25, 0.3) is 0 Å². The Hall–Kier alpha value is -1.91. The Morgan fingerprint density at radius 3 is 1.14 bits per heavy atom. The van der Waals surface area contributed by atoms with Crippen LogP contribution in [0.1, 0.15) is 258 Å². The maximum Gasteiger partial charge on any atom is 0.220 e. The summed E-state index contributed by atoms with van der Waals surface area (Å²) < 4.78 is 0. The van der Waals surface area contributed by atoms with Gasteiger partial charge in [0.15, 0.2) is 0 Å². The lowest BCUT2D eigenvalue weighted by molar-refractivity contribution is -0.123. The van der Waals surface area contributed by atoms with Crippen molar-refractivity contribution in [3.05, 3.63) is 60.8 Å². The third-order valence-corrected chi connectivity index (χ3v) is 11.5. The minimum absolute atomic E-state index is 0.0777. The second kappa shape index (κ2) is 49.5. The van der Waals surface area contributed by atoms with E-state index in [4.69, 9.17) is 0 Å². The first-order valence-electron chi connectivity index (χ1n) is 25.5. The third kappa shape index (κ3) is 45.2. The Morgan fingerprint density at radius 1 is 0.431 bits per heavy atom. The Labute approximate surface area is 362 Å². The number of carbonyl (C=O) groups is 1. The van der Waals surface area contributed by atoms with E-state index in [1.54, 1.807) is 6.08 Å². The highest BCUT2D eigenvalue weighted by atomic mass is 16.3. The lowest BCUT2D eigenvalue weighted by Crippen LogP contribution is -2.45. The van der Waals surface area contributed by atoms with Gasteiger partial charge in [-0.3, -0.25) is 4.79 Å². The molecule has 0 aliphatic heterocycles. The first kappa shape index (κ1) is 56.1. The Bertz CT molecular complexity index is 965. The summed E-state index contributed by atoms with van der Waals surface area (Å²) in [4.78, 5) is 12.4. The maximum absolute atomic E-state index is 12.4. The van der Waals surface area contributed by atoms with Crippen molar-refractivity contribution >= 4 is 5.91 Å². The standard InChI is InChI=1S/C54H99NO3/c1-3-5-7-9-11-13-15-17-19-21-23-24-25-26-27-28-29-30-32-33-35-37-39-41-43-45-47-49-53(57)52(51-56)55-54(58)50-48-46-44-42-40-38-36-34-31-22-20-18-16-14-12-10-8-6-4-2/h6,8,12,14,18,20,31,34,47,49,52-53,56-57H,3-5,7,9-11,13,15-17,19,21-30,32-33,35-46,48,50-51H2,1-2H3,(H,55,58)/b8-6-,14-12-,20-18-,34-31-,49-47+. The highest BCUT2D eigenvalue weighted by Crippen LogP contribution is 2.16. The minimum Gasteiger partial charge on any atom is -0.394 e. The lowest BCUT2D eigenvalue weighted by atomic mass is 10.0. The summed E-state index contributed by atoms with van der Waals surface area (Å²) in [7, 11) is 0. The largest absolute Gasteiger partial charge is 0.394 e. The molecule has 4 nitrogen and oxygen atoms in total. The van der Waals surface area contributed by atoms with Crippen LogP contribution in [0.4, 0.5) is 0 Å². The number of rotatable bonds is 46. The Kier molecular flexibility index (Phi) is 47.8. The van der Waals surface area contributed by atoms with E-state index in [9.17, 15) is 15.0 Å². The topological polar surface area (TPSA) is 69.6 Å². The smallest absolute Gasteiger partial charge is 0.220 e. The van der Waals surface area contributed by atoms with Crippen molar-refractivity contribution in [2.24, 2.45) is 0 Å². The number of hydrogen-bond acceptors (Lipinski definition) is 3. The fraction of sp³-hybridized carbons (Fsp3) is 0.796. The molecule has 0 bridgehead atoms. The zero-order chi connectivity index (χ0) is 42.1. The molecule has 0 aromatic heterocycles. The normalized spacial score (nSPS) is 13.4. The average Bonchev–Trinajstić information content (AvgIpc) is 3.23. The summed E-state index contributed by atoms with van der Waals surface area (Å²) in [5.41, 5.74) is 0. The number of amides is 1. The summed E-state index contributed by atoms with van der Waals surface area (Å²) in [6.45, 7) is 4.20. The van der Waals surface area contributed by atoms with Crippen LogP contribution in [0.3, 0.4) is 0 Å². The second-order valence-electron chi connectivity index (χ2n) is 17.2. The monoisotopic (exact) mass is 810 g/mol. The van der Waals surface area contributed by atoms with Gasteiger partial charge < -0.3 is 15.5 Å². The van der Waals surface area contributed by atoms with Crippen LogP contribution < -0.4 is 5.32 Å². The maximum atomic E-state index is 12.4. The van der Waals surface area contributed by atoms with Crippen molar-refractivity contribution in [1.82, 2.24) is 5.32 Å². The van der Waals surface area contributed by atoms with Gasteiger partial charge in [-0.05, 0) is 57.8 Å². The number of allylic oxidation sites excluding steroid dienone is 9. The van der Waals surface area contributed by atoms with Gasteiger partial charge in [0.1, 0.15) is 0 Å². The van der Waals surface area contributed by atoms with Crippen LogP contribution in [0.25, 0.3) is 0 Å². The second-order valence-corrected chi connectivity index (χ2v) is 17.2. The molecule has 0 saturated heterocycles. The van der Waals surface area contributed by atoms with Crippen molar-refractivity contribution in [2.75, 3.05) is 6.61 Å². The minimum atomic E-state index is -0.849. The number of unbranched alkanes of at least 4 members (excludes halogenated alkanes) is 31. The Morgan fingerprint density at radius 2 is 0.759 bits per heavy atom. The van der Waals surface area contributed by atoms with Crippen LogP contribution >= 0.6 is 0 Å². The molecule has 2 atom stereocenters. The van der Waals surface area contributed by atoms with E-state index in [2.05, 4.69) is 67.8 Å². The van der Waals surface area contributed by atoms with Crippen molar-refractivity contribution in [2.45, 2.75) is 270 Å². The molecule has 0 spiro atoms. The molecular weight excluding hydrogens is 711 g/mol. The van der Waals surface area contributed by atoms with Gasteiger partial charge in [0.05, 0.1) is 18.8 Å². The summed E-state index contributed by atoms with van der Waals surface area (Å²) in [6, 6.07) is -0.633. The number of aliphatic hydroxyl groups excluding tert-OH is 2. The summed E-state index contributed by atoms with van der Waals surface area (Å²) in [5.74, 6) is -0.0777. The van der Waals surface area contributed by atoms with Gasteiger partial charge in [-0.1, -0.05) is 254 Å². The zero-order valence-electron chi connectivity index (χ0n) is 38.8. The van der Waals surface area contributed by atoms with Crippen molar-refractivity contribution in [3.63, 3.8) is 0 Å². The summed E-state index contributed by atoms with van der Waals surface area (Å²) >= 11 is 0. The van der Waals surface area contributed by atoms with E-state index in [1.165, 1.54) is 173 Å². The van der Waals surface area contributed by atoms with E-state index < -0.39 is 12.1 Å². The molecule has 0 fully saturated rings. The number of carbonyl (C=O) groups excluding carboxylic acids is 1. The SMILES string of the molecule is CC/C=C\C/C=C\C/C=C\C/C=C\CCCCCCCCC(=O)NC(CO)C(O)/C=C/CCCCCCCCCCCCCCCCCCCCCCCCCCC. The first-order valence-corrected chi connectivity index (χ1v) is 25.5. The first-order chi connectivity index (χ1) is 28.7. The van der Waals surface area contributed by atoms with Gasteiger partial charge >= 0.3 is 0 Å². The summed E-state index contributed by atoms with van der Waals surface area (Å²) in [5, 5.41) is 23.1. The van der Waals surface area contributed by atoms with Crippen LogP contribution in [0.15, 0.2) is 60.8 Å². The molecule has 0 aliphatic carbocycles. The van der Waals surface area contributed by atoms with Crippen molar-refractivity contribution in [1.29, 1.82) is 0 Å². The number of aliphatic hydroxyl groups is 2. The molecule has 0 saturated carbocycles. The molecule has 4 heteroatoms. The van der Waals surface area contributed by atoms with Gasteiger partial charge in [-0.25, -0.2) is 0 Å². The van der Waals surface area contributed by atoms with Gasteiger partial charge in [0, 0.05) is 6.42 Å². The van der Waals surface area contributed by atoms with Crippen LogP contribution in [-0.4, -0.2) is 34.9 Å². The highest BCUT2D eigenvalue weighted by molar-refractivity contribution is 5.76. The molecule has 1 amide bonds. The van der Waals surface area contributed by atoms with E-state index in [-0.39, 0.29) is 12.5 Å². The van der Waals surface area contributed by atoms with Crippen LogP contribution in [0.5, 0.6) is 0 Å². The molecule has 0 radical (unpaired) electrons. The van der Waals surface area contributed by atoms with Crippen LogP contribution in [0, 0.1) is 0 Å². The fourth-order valence-electron chi connectivity index (χ4n) is 7.64. The van der Waals surface area contributed by atoms with Crippen LogP contribution in [0.2, 0.25) is 0 Å². The number of hydrogen-bond donors (Lipinski definition) is 3. The third-order valence-electron chi connectivity index (χ3n) is 11.5. The van der Waals surface area contributed by atoms with E-state index in [0.29, 0.717) is 6.42 Å². The molecule has 0 heterocycles. The molecular formula is C54H99NO3. The highest BCUT2D eigenvalue weighted by Gasteiger charge is 2.18. The molecule has 58 heavy (non-hydrogen) atoms. The van der Waals surface area contributed by atoms with Crippen LogP contribution in [-0.2, 0) is 4.79 Å². The molecule has 0 aromatic rings. The van der Waals surface area contributed by atoms with Crippen molar-refractivity contribution < 1.29 is 15.0 Å². The van der Waals surface area contributed by atoms with Crippen molar-refractivity contribution in [3.8, 4) is 0 Å². The number of nitrogens with one attached hydrogen (secondary N) is 1. The van der Waals surface area contributed by atoms with Gasteiger partial charge in [-0.2, -0.15) is 0 Å². The van der Waals surface area contributed by atoms with E-state index in [0.717, 1.165) is 64.2 Å². The molecule has 3 N–H and O–H groups in total. The molecule has 2 unspecified atom stereocenters. The fourth-order valence-corrected chi connectivity index (χ4v) is 7.64. The molecule has 0 rings (SSSR count). The predicted molar refractivity (Wildman–Crippen MR) is 258 cm³/mol. The Balaban J connectivity index is 3.53. The quantitative estimate of drug-likeness (QED) is 0.0424. The molecule has 338 valence electrons. The molecule has 0 aliphatic rings.